The summed E-state index contributed by atoms with van der Waals surface area (Å²) in [5, 5.41) is 23.7. The van der Waals surface area contributed by atoms with Crippen LogP contribution >= 0.6 is 0 Å². The number of unbranched alkanes of at least 4 members (excludes halogenated alkanes) is 2. The van der Waals surface area contributed by atoms with Crippen LogP contribution in [0.15, 0.2) is 30.5 Å². The first kappa shape index (κ1) is 47.4. The monoisotopic (exact) mass is 842 g/mol. The average Bonchev–Trinajstić information content (AvgIpc) is 3.78. The fourth-order valence-corrected chi connectivity index (χ4v) is 9.63. The van der Waals surface area contributed by atoms with Gasteiger partial charge in [0.2, 0.25) is 0 Å². The number of cyclic esters (lactones) is 1. The third-order valence-electron chi connectivity index (χ3n) is 13.1. The Morgan fingerprint density at radius 2 is 1.78 bits per heavy atom. The Hall–Kier alpha value is -3.67. The molecular formula is C44H71N7O9. The van der Waals surface area contributed by atoms with Gasteiger partial charge in [-0.3, -0.25) is 19.2 Å². The van der Waals surface area contributed by atoms with E-state index in [0.717, 1.165) is 24.1 Å². The van der Waals surface area contributed by atoms with Gasteiger partial charge in [-0.2, -0.15) is 0 Å². The summed E-state index contributed by atoms with van der Waals surface area (Å²) in [6, 6.07) is 6.53. The second-order valence-corrected chi connectivity index (χ2v) is 18.1. The molecule has 60 heavy (non-hydrogen) atoms. The van der Waals surface area contributed by atoms with Crippen molar-refractivity contribution in [3.63, 3.8) is 0 Å². The van der Waals surface area contributed by atoms with Crippen molar-refractivity contribution in [2.45, 2.75) is 160 Å². The molecule has 16 nitrogen and oxygen atoms in total. The number of carbonyl (C=O) groups excluding carboxylic acids is 3. The zero-order valence-electron chi connectivity index (χ0n) is 37.6. The Kier molecular flexibility index (Phi) is 15.8. The number of benzene rings is 1. The number of nitrogens with two attached hydrogens (primary N) is 1. The fraction of sp³-hybridized carbons (Fsp3) is 0.750. The van der Waals surface area contributed by atoms with E-state index in [1.165, 1.54) is 0 Å². The number of aryl methyl sites for hydroxylation is 1. The smallest absolute Gasteiger partial charge is 0.410 e. The number of hydrogen-bond donors (Lipinski definition) is 3. The molecule has 336 valence electrons. The van der Waals surface area contributed by atoms with E-state index < -0.39 is 71.5 Å². The van der Waals surface area contributed by atoms with Gasteiger partial charge in [0.15, 0.2) is 17.7 Å². The first-order chi connectivity index (χ1) is 28.3. The molecule has 0 radical (unpaired) electrons. The highest BCUT2D eigenvalue weighted by Crippen LogP contribution is 2.40. The van der Waals surface area contributed by atoms with E-state index in [0.29, 0.717) is 51.0 Å². The molecule has 2 unspecified atom stereocenters. The van der Waals surface area contributed by atoms with E-state index in [2.05, 4.69) is 22.6 Å². The molecular weight excluding hydrogens is 771 g/mol. The molecule has 5 rings (SSSR count). The average molecular weight is 842 g/mol. The third-order valence-corrected chi connectivity index (χ3v) is 13.1. The van der Waals surface area contributed by atoms with Crippen LogP contribution in [0.3, 0.4) is 0 Å². The molecule has 16 heteroatoms. The Morgan fingerprint density at radius 1 is 1.07 bits per heavy atom. The summed E-state index contributed by atoms with van der Waals surface area (Å²) in [6.07, 6.45) is 1.25. The maximum absolute atomic E-state index is 14.4. The molecule has 1 amide bonds. The maximum atomic E-state index is 14.4. The molecule has 0 spiro atoms. The van der Waals surface area contributed by atoms with Crippen LogP contribution in [0, 0.1) is 17.8 Å². The molecule has 2 aromatic rings. The molecule has 0 aliphatic carbocycles. The van der Waals surface area contributed by atoms with Crippen LogP contribution in [0.1, 0.15) is 93.9 Å². The van der Waals surface area contributed by atoms with Gasteiger partial charge in [-0.25, -0.2) is 4.79 Å². The number of likely N-dealkylation sites (N-methyl/N-ethyl adjacent to an activating group) is 1. The Bertz CT molecular complexity index is 1760. The lowest BCUT2D eigenvalue weighted by molar-refractivity contribution is -0.295. The zero-order chi connectivity index (χ0) is 44.1. The predicted molar refractivity (Wildman–Crippen MR) is 227 cm³/mol. The SMILES string of the molecule is CC[C@H]1OC(=O)[C@H](C)C(=O)[C@@H](C)[C@@H](O[C@@H]2O[C@H](C)CC(N(C)C)C2O)[C@](C)(OC)C[C@@H](C)CN[C@H](C)[C@H]2N(CCCCCn3cc(-c4cccc(N)c4)nn3)C(=O)O[C@]12C. The number of esters is 1. The summed E-state index contributed by atoms with van der Waals surface area (Å²) >= 11 is 0. The van der Waals surface area contributed by atoms with Gasteiger partial charge in [0.1, 0.15) is 23.8 Å². The number of fused-ring (bicyclic) bond motifs is 1. The van der Waals surface area contributed by atoms with Crippen LogP contribution in [-0.4, -0.2) is 142 Å². The van der Waals surface area contributed by atoms with Crippen molar-refractivity contribution in [2.75, 3.05) is 40.0 Å². The van der Waals surface area contributed by atoms with E-state index in [-0.39, 0.29) is 24.1 Å². The van der Waals surface area contributed by atoms with Crippen molar-refractivity contribution in [1.82, 2.24) is 30.1 Å². The number of aliphatic hydroxyl groups is 1. The van der Waals surface area contributed by atoms with Gasteiger partial charge in [0.05, 0.1) is 30.0 Å². The molecule has 4 N–H and O–H groups in total. The van der Waals surface area contributed by atoms with Crippen LogP contribution in [0.2, 0.25) is 0 Å². The lowest BCUT2D eigenvalue weighted by Gasteiger charge is -2.46. The Morgan fingerprint density at radius 3 is 2.45 bits per heavy atom. The number of Topliss-reactive ketones (excluding diaryl/α,β-unsaturated/α-hetero) is 1. The van der Waals surface area contributed by atoms with Crippen molar-refractivity contribution in [3.8, 4) is 11.3 Å². The minimum absolute atomic E-state index is 0.00636. The summed E-state index contributed by atoms with van der Waals surface area (Å²) < 4.78 is 33.3. The molecule has 3 aliphatic rings. The summed E-state index contributed by atoms with van der Waals surface area (Å²) in [6.45, 7) is 16.6. The number of nitrogen functional groups attached to an aromatic ring is 1. The van der Waals surface area contributed by atoms with Crippen molar-refractivity contribution in [2.24, 2.45) is 17.8 Å². The second-order valence-electron chi connectivity index (χ2n) is 18.1. The number of methoxy groups -OCH3 is 1. The molecule has 1 aromatic carbocycles. The van der Waals surface area contributed by atoms with Crippen LogP contribution in [0.4, 0.5) is 10.5 Å². The van der Waals surface area contributed by atoms with Crippen LogP contribution in [0.25, 0.3) is 11.3 Å². The highest BCUT2D eigenvalue weighted by Gasteiger charge is 2.58. The number of rotatable bonds is 12. The second kappa shape index (κ2) is 20.0. The number of amides is 1. The van der Waals surface area contributed by atoms with Crippen molar-refractivity contribution < 1.29 is 43.2 Å². The molecule has 0 saturated carbocycles. The minimum Gasteiger partial charge on any atom is -0.458 e. The summed E-state index contributed by atoms with van der Waals surface area (Å²) in [5.74, 6) is -3.14. The number of ketones is 1. The zero-order valence-corrected chi connectivity index (χ0v) is 37.6. The topological polar surface area (TPSA) is 193 Å². The largest absolute Gasteiger partial charge is 0.458 e. The minimum atomic E-state index is -1.22. The molecule has 4 heterocycles. The van der Waals surface area contributed by atoms with Gasteiger partial charge in [-0.05, 0) is 112 Å². The van der Waals surface area contributed by atoms with Crippen LogP contribution in [-0.2, 0) is 39.8 Å². The molecule has 13 atom stereocenters. The van der Waals surface area contributed by atoms with Crippen molar-refractivity contribution >= 4 is 23.5 Å². The number of nitrogens with zero attached hydrogens (tertiary/aromatic N) is 5. The van der Waals surface area contributed by atoms with Gasteiger partial charge in [-0.15, -0.1) is 5.10 Å². The Labute approximate surface area is 356 Å². The number of anilines is 1. The number of ether oxygens (including phenoxy) is 5. The van der Waals surface area contributed by atoms with E-state index >= 15 is 0 Å². The van der Waals surface area contributed by atoms with E-state index in [1.54, 1.807) is 25.9 Å². The fourth-order valence-electron chi connectivity index (χ4n) is 9.63. The first-order valence-corrected chi connectivity index (χ1v) is 21.8. The lowest BCUT2D eigenvalue weighted by atomic mass is 9.78. The van der Waals surface area contributed by atoms with E-state index in [1.807, 2.05) is 88.8 Å². The quantitative estimate of drug-likeness (QED) is 0.116. The highest BCUT2D eigenvalue weighted by molar-refractivity contribution is 6.00. The van der Waals surface area contributed by atoms with Crippen molar-refractivity contribution in [3.05, 3.63) is 30.5 Å². The molecule has 3 fully saturated rings. The number of aliphatic hydroxyl groups excluding tert-OH is 1. The molecule has 3 saturated heterocycles. The number of aromatic nitrogens is 3. The maximum Gasteiger partial charge on any atom is 0.410 e. The normalized spacial score (nSPS) is 36.0. The predicted octanol–water partition coefficient (Wildman–Crippen LogP) is 4.67. The summed E-state index contributed by atoms with van der Waals surface area (Å²) in [5.41, 5.74) is 6.02. The molecule has 3 aliphatic heterocycles. The van der Waals surface area contributed by atoms with Crippen LogP contribution < -0.4 is 11.1 Å². The number of nitrogens with one attached hydrogen (secondary N) is 1. The molecule has 0 bridgehead atoms. The summed E-state index contributed by atoms with van der Waals surface area (Å²) in [7, 11) is 5.40. The van der Waals surface area contributed by atoms with E-state index in [4.69, 9.17) is 29.4 Å². The van der Waals surface area contributed by atoms with Gasteiger partial charge in [-0.1, -0.05) is 38.1 Å². The Balaban J connectivity index is 1.35. The van der Waals surface area contributed by atoms with Gasteiger partial charge < -0.3 is 44.7 Å². The summed E-state index contributed by atoms with van der Waals surface area (Å²) in [4.78, 5) is 45.9. The first-order valence-electron chi connectivity index (χ1n) is 21.8. The van der Waals surface area contributed by atoms with E-state index in [9.17, 15) is 19.5 Å². The number of carbonyl (C=O) groups is 3. The van der Waals surface area contributed by atoms with Crippen molar-refractivity contribution in [1.29, 1.82) is 0 Å². The van der Waals surface area contributed by atoms with Gasteiger partial charge in [0.25, 0.3) is 0 Å². The third kappa shape index (κ3) is 10.5. The van der Waals surface area contributed by atoms with Gasteiger partial charge in [0, 0.05) is 49.5 Å². The highest BCUT2D eigenvalue weighted by atomic mass is 16.7. The number of hydrogen-bond acceptors (Lipinski definition) is 14. The standard InChI is InChI=1S/C44H71N7O9/c1-12-35-44(8)38(51(42(55)60-44)20-15-13-14-19-50-25-33(47-48-50)31-17-16-18-32(45)22-31)30(6)46-24-26(2)23-43(7,56-11)39(28(4)36(52)29(5)40(54)58-35)59-41-37(53)34(49(9)10)21-27(3)57-41/h16-18,22,25-30,34-35,37-39,41,46,53H,12-15,19-21,23-24,45H2,1-11H3/t26-,27-,28-,29-,30-,34?,35-,37?,38-,39-,41+,43-,44-/m1/s1. The van der Waals surface area contributed by atoms with Gasteiger partial charge >= 0.3 is 12.1 Å². The lowest BCUT2D eigenvalue weighted by Crippen LogP contribution is -2.61. The van der Waals surface area contributed by atoms with Crippen LogP contribution in [0.5, 0.6) is 0 Å². The molecule has 1 aromatic heterocycles.